The lowest BCUT2D eigenvalue weighted by molar-refractivity contribution is 0.0996. The Labute approximate surface area is 142 Å². The summed E-state index contributed by atoms with van der Waals surface area (Å²) in [5.74, 6) is -0.283. The number of halogens is 1. The van der Waals surface area contributed by atoms with Gasteiger partial charge in [0.1, 0.15) is 18.1 Å². The number of carbonyl (C=O) groups is 1. The van der Waals surface area contributed by atoms with Crippen LogP contribution in [0.3, 0.4) is 0 Å². The highest BCUT2D eigenvalue weighted by atomic mass is 19.1. The fourth-order valence-electron chi connectivity index (χ4n) is 2.38. The highest BCUT2D eigenvalue weighted by Gasteiger charge is 2.21. The van der Waals surface area contributed by atoms with E-state index >= 15 is 0 Å². The van der Waals surface area contributed by atoms with Gasteiger partial charge in [-0.25, -0.2) is 4.39 Å². The van der Waals surface area contributed by atoms with Crippen LogP contribution >= 0.6 is 0 Å². The average molecular weight is 342 g/mol. The van der Waals surface area contributed by atoms with Gasteiger partial charge in [-0.15, -0.1) is 0 Å². The third-order valence-corrected chi connectivity index (χ3v) is 3.51. The minimum atomic E-state index is -0.720. The van der Waals surface area contributed by atoms with Crippen molar-refractivity contribution in [3.8, 4) is 22.8 Å². The number of benzene rings is 2. The molecular formula is C17H15FN4O3. The van der Waals surface area contributed by atoms with E-state index < -0.39 is 5.91 Å². The molecule has 0 aliphatic carbocycles. The zero-order valence-electron chi connectivity index (χ0n) is 13.3. The molecule has 0 aliphatic heterocycles. The van der Waals surface area contributed by atoms with Gasteiger partial charge in [0.05, 0.1) is 12.7 Å². The van der Waals surface area contributed by atoms with Gasteiger partial charge < -0.3 is 15.2 Å². The number of methoxy groups -OCH3 is 1. The van der Waals surface area contributed by atoms with Crippen molar-refractivity contribution in [3.05, 3.63) is 59.5 Å². The van der Waals surface area contributed by atoms with Crippen molar-refractivity contribution < 1.29 is 18.7 Å². The maximum absolute atomic E-state index is 13.3. The van der Waals surface area contributed by atoms with Crippen LogP contribution in [0.1, 0.15) is 16.1 Å². The number of hydrogen-bond acceptors (Lipinski definition) is 5. The Morgan fingerprint density at radius 1 is 1.24 bits per heavy atom. The van der Waals surface area contributed by atoms with E-state index in [2.05, 4.69) is 15.4 Å². The van der Waals surface area contributed by atoms with Crippen molar-refractivity contribution in [2.75, 3.05) is 7.11 Å². The summed E-state index contributed by atoms with van der Waals surface area (Å²) in [7, 11) is 1.49. The van der Waals surface area contributed by atoms with E-state index in [9.17, 15) is 9.18 Å². The molecule has 8 heteroatoms. The molecule has 1 aromatic heterocycles. The van der Waals surface area contributed by atoms with Gasteiger partial charge in [0.25, 0.3) is 5.91 Å². The number of primary amides is 1. The van der Waals surface area contributed by atoms with Gasteiger partial charge in [-0.3, -0.25) is 4.79 Å². The van der Waals surface area contributed by atoms with Gasteiger partial charge in [-0.1, -0.05) is 18.2 Å². The molecule has 0 spiro atoms. The van der Waals surface area contributed by atoms with Crippen molar-refractivity contribution in [1.29, 1.82) is 0 Å². The Balaban J connectivity index is 1.99. The summed E-state index contributed by atoms with van der Waals surface area (Å²) >= 11 is 0. The zero-order chi connectivity index (χ0) is 17.8. The molecule has 1 heterocycles. The number of aromatic nitrogens is 3. The molecule has 2 aromatic carbocycles. The quantitative estimate of drug-likeness (QED) is 0.715. The Morgan fingerprint density at radius 2 is 2.04 bits per heavy atom. The molecule has 0 fully saturated rings. The molecule has 0 atom stereocenters. The first-order chi connectivity index (χ1) is 12.1. The smallest absolute Gasteiger partial charge is 0.271 e. The molecule has 0 unspecified atom stereocenters. The monoisotopic (exact) mass is 342 g/mol. The predicted molar refractivity (Wildman–Crippen MR) is 87.6 cm³/mol. The number of nitrogens with one attached hydrogen (secondary N) is 1. The number of rotatable bonds is 6. The topological polar surface area (TPSA) is 103 Å². The number of nitrogens with two attached hydrogens (primary N) is 1. The molecule has 3 N–H and O–H groups in total. The number of aromatic amines is 1. The Morgan fingerprint density at radius 3 is 2.76 bits per heavy atom. The number of H-pyrrole nitrogens is 1. The van der Waals surface area contributed by atoms with Crippen LogP contribution in [-0.2, 0) is 6.61 Å². The minimum absolute atomic E-state index is 0.0103. The SMILES string of the molecule is COc1cccc(-c2n[nH]nc2C(N)=O)c1OCc1cccc(F)c1. The molecule has 25 heavy (non-hydrogen) atoms. The van der Waals surface area contributed by atoms with E-state index in [0.29, 0.717) is 22.6 Å². The van der Waals surface area contributed by atoms with E-state index in [1.54, 1.807) is 30.3 Å². The molecule has 1 amide bonds. The number of carbonyl (C=O) groups excluding carboxylic acids is 1. The first-order valence-corrected chi connectivity index (χ1v) is 7.35. The number of nitrogens with zero attached hydrogens (tertiary/aromatic N) is 2. The average Bonchev–Trinajstić information content (AvgIpc) is 3.09. The molecule has 128 valence electrons. The van der Waals surface area contributed by atoms with E-state index in [1.807, 2.05) is 0 Å². The minimum Gasteiger partial charge on any atom is -0.493 e. The van der Waals surface area contributed by atoms with Gasteiger partial charge in [0.15, 0.2) is 17.2 Å². The normalized spacial score (nSPS) is 10.5. The summed E-state index contributed by atoms with van der Waals surface area (Å²) in [4.78, 5) is 11.5. The summed E-state index contributed by atoms with van der Waals surface area (Å²) in [6, 6.07) is 11.2. The zero-order valence-corrected chi connectivity index (χ0v) is 13.3. The molecule has 0 aliphatic rings. The second-order valence-corrected chi connectivity index (χ2v) is 5.14. The first kappa shape index (κ1) is 16.4. The predicted octanol–water partition coefficient (Wildman–Crippen LogP) is 2.30. The number of ether oxygens (including phenoxy) is 2. The fraction of sp³-hybridized carbons (Fsp3) is 0.118. The lowest BCUT2D eigenvalue weighted by atomic mass is 10.1. The highest BCUT2D eigenvalue weighted by Crippen LogP contribution is 2.38. The van der Waals surface area contributed by atoms with Crippen molar-refractivity contribution in [2.24, 2.45) is 5.73 Å². The third kappa shape index (κ3) is 3.42. The summed E-state index contributed by atoms with van der Waals surface area (Å²) < 4.78 is 24.5. The second-order valence-electron chi connectivity index (χ2n) is 5.14. The van der Waals surface area contributed by atoms with Crippen LogP contribution in [0, 0.1) is 5.82 Å². The third-order valence-electron chi connectivity index (χ3n) is 3.51. The molecule has 0 saturated carbocycles. The Hall–Kier alpha value is -3.42. The first-order valence-electron chi connectivity index (χ1n) is 7.35. The number of amides is 1. The maximum atomic E-state index is 13.3. The molecule has 7 nitrogen and oxygen atoms in total. The van der Waals surface area contributed by atoms with Gasteiger partial charge in [-0.05, 0) is 29.8 Å². The van der Waals surface area contributed by atoms with Crippen LogP contribution < -0.4 is 15.2 Å². The van der Waals surface area contributed by atoms with Crippen LogP contribution in [0.25, 0.3) is 11.3 Å². The van der Waals surface area contributed by atoms with Crippen LogP contribution in [0.5, 0.6) is 11.5 Å². The molecular weight excluding hydrogens is 327 g/mol. The summed E-state index contributed by atoms with van der Waals surface area (Å²) in [5, 5.41) is 10.1. The Bertz CT molecular complexity index is 910. The number of para-hydroxylation sites is 1. The van der Waals surface area contributed by atoms with Gasteiger partial charge in [0, 0.05) is 0 Å². The van der Waals surface area contributed by atoms with E-state index in [0.717, 1.165) is 0 Å². The van der Waals surface area contributed by atoms with Crippen LogP contribution in [0.15, 0.2) is 42.5 Å². The van der Waals surface area contributed by atoms with Crippen LogP contribution in [0.4, 0.5) is 4.39 Å². The van der Waals surface area contributed by atoms with Crippen molar-refractivity contribution in [3.63, 3.8) is 0 Å². The lowest BCUT2D eigenvalue weighted by Gasteiger charge is -2.14. The number of hydrogen-bond donors (Lipinski definition) is 2. The van der Waals surface area contributed by atoms with Gasteiger partial charge in [-0.2, -0.15) is 15.4 Å². The van der Waals surface area contributed by atoms with E-state index in [4.69, 9.17) is 15.2 Å². The molecule has 0 saturated heterocycles. The second kappa shape index (κ2) is 7.00. The fourth-order valence-corrected chi connectivity index (χ4v) is 2.38. The van der Waals surface area contributed by atoms with E-state index in [-0.39, 0.29) is 23.8 Å². The van der Waals surface area contributed by atoms with Gasteiger partial charge >= 0.3 is 0 Å². The lowest BCUT2D eigenvalue weighted by Crippen LogP contribution is -2.13. The van der Waals surface area contributed by atoms with Crippen molar-refractivity contribution in [1.82, 2.24) is 15.4 Å². The van der Waals surface area contributed by atoms with Crippen LogP contribution in [-0.4, -0.2) is 28.4 Å². The molecule has 0 radical (unpaired) electrons. The summed E-state index contributed by atoms with van der Waals surface area (Å²) in [6.45, 7) is 0.106. The summed E-state index contributed by atoms with van der Waals surface area (Å²) in [5.41, 5.74) is 6.69. The standard InChI is InChI=1S/C17H15FN4O3/c1-24-13-7-3-6-12(14-15(17(19)23)21-22-20-14)16(13)25-9-10-4-2-5-11(18)8-10/h2-8H,9H2,1H3,(H2,19,23)(H,20,21,22). The van der Waals surface area contributed by atoms with Crippen molar-refractivity contribution in [2.45, 2.75) is 6.61 Å². The molecule has 3 aromatic rings. The summed E-state index contributed by atoms with van der Waals surface area (Å²) in [6.07, 6.45) is 0. The van der Waals surface area contributed by atoms with Crippen molar-refractivity contribution >= 4 is 5.91 Å². The van der Waals surface area contributed by atoms with Crippen LogP contribution in [0.2, 0.25) is 0 Å². The molecule has 0 bridgehead atoms. The van der Waals surface area contributed by atoms with E-state index in [1.165, 1.54) is 19.2 Å². The Kier molecular flexibility index (Phi) is 4.60. The molecule has 3 rings (SSSR count). The largest absolute Gasteiger partial charge is 0.493 e. The van der Waals surface area contributed by atoms with Gasteiger partial charge in [0.2, 0.25) is 0 Å². The maximum Gasteiger partial charge on any atom is 0.271 e. The highest BCUT2D eigenvalue weighted by molar-refractivity contribution is 5.97.